The number of rotatable bonds is 8. The molecule has 0 aliphatic carbocycles. The standard InChI is InChI=1S/C25H33N5O4S/c1-19-7-8-22(16-20(19)2)30-18-21(17-24(30)31)25(32)27-10-5-15-35(33,34)29-13-11-28(12-14-29)23-6-3-4-9-26-23/h3-4,6-9,16,21H,5,10-15,17-18H2,1-2H3,(H,27,32). The molecular weight excluding hydrogens is 466 g/mol. The Hall–Kier alpha value is -2.98. The third-order valence-corrected chi connectivity index (χ3v) is 8.74. The molecule has 2 aliphatic heterocycles. The number of aryl methyl sites for hydroxylation is 2. The minimum Gasteiger partial charge on any atom is -0.356 e. The van der Waals surface area contributed by atoms with Gasteiger partial charge in [0.05, 0.1) is 11.7 Å². The van der Waals surface area contributed by atoms with Crippen molar-refractivity contribution in [2.24, 2.45) is 5.92 Å². The number of piperazine rings is 1. The minimum atomic E-state index is -3.39. The van der Waals surface area contributed by atoms with E-state index in [0.717, 1.165) is 22.6 Å². The van der Waals surface area contributed by atoms with Gasteiger partial charge in [-0.25, -0.2) is 13.4 Å². The van der Waals surface area contributed by atoms with Crippen LogP contribution in [0.25, 0.3) is 0 Å². The van der Waals surface area contributed by atoms with E-state index in [0.29, 0.717) is 39.1 Å². The van der Waals surface area contributed by atoms with Crippen LogP contribution in [0.5, 0.6) is 0 Å². The first-order valence-electron chi connectivity index (χ1n) is 12.0. The van der Waals surface area contributed by atoms with Gasteiger partial charge in [0.1, 0.15) is 5.82 Å². The number of sulfonamides is 1. The van der Waals surface area contributed by atoms with Crippen molar-refractivity contribution in [1.82, 2.24) is 14.6 Å². The minimum absolute atomic E-state index is 0.0186. The fourth-order valence-electron chi connectivity index (χ4n) is 4.50. The molecule has 1 unspecified atom stereocenters. The molecule has 3 heterocycles. The lowest BCUT2D eigenvalue weighted by atomic mass is 10.1. The molecule has 2 fully saturated rings. The monoisotopic (exact) mass is 499 g/mol. The largest absolute Gasteiger partial charge is 0.356 e. The second-order valence-corrected chi connectivity index (χ2v) is 11.3. The van der Waals surface area contributed by atoms with E-state index in [1.165, 1.54) is 4.31 Å². The van der Waals surface area contributed by atoms with Crippen LogP contribution in [0.15, 0.2) is 42.6 Å². The molecule has 10 heteroatoms. The molecule has 35 heavy (non-hydrogen) atoms. The highest BCUT2D eigenvalue weighted by Crippen LogP contribution is 2.27. The highest BCUT2D eigenvalue weighted by atomic mass is 32.2. The zero-order valence-electron chi connectivity index (χ0n) is 20.3. The summed E-state index contributed by atoms with van der Waals surface area (Å²) >= 11 is 0. The van der Waals surface area contributed by atoms with E-state index in [4.69, 9.17) is 0 Å². The molecule has 1 aromatic heterocycles. The summed E-state index contributed by atoms with van der Waals surface area (Å²) in [6, 6.07) is 11.5. The molecule has 0 saturated carbocycles. The summed E-state index contributed by atoms with van der Waals surface area (Å²) in [7, 11) is -3.39. The SMILES string of the molecule is Cc1ccc(N2CC(C(=O)NCCCS(=O)(=O)N3CCN(c4ccccn4)CC3)CC2=O)cc1C. The summed E-state index contributed by atoms with van der Waals surface area (Å²) in [4.78, 5) is 33.2. The molecule has 4 rings (SSSR count). The Labute approximate surface area is 207 Å². The molecule has 0 radical (unpaired) electrons. The van der Waals surface area contributed by atoms with Crippen LogP contribution in [-0.4, -0.2) is 74.5 Å². The number of hydrogen-bond acceptors (Lipinski definition) is 6. The van der Waals surface area contributed by atoms with Gasteiger partial charge in [0.2, 0.25) is 21.8 Å². The number of hydrogen-bond donors (Lipinski definition) is 1. The lowest BCUT2D eigenvalue weighted by Gasteiger charge is -2.34. The fourth-order valence-corrected chi connectivity index (χ4v) is 5.99. The summed E-state index contributed by atoms with van der Waals surface area (Å²) in [6.45, 7) is 6.65. The Morgan fingerprint density at radius 1 is 1.09 bits per heavy atom. The Kier molecular flexibility index (Phi) is 7.71. The third kappa shape index (κ3) is 5.99. The Morgan fingerprint density at radius 3 is 2.54 bits per heavy atom. The summed E-state index contributed by atoms with van der Waals surface area (Å²) in [5, 5.41) is 2.82. The van der Waals surface area contributed by atoms with Crippen LogP contribution in [0.2, 0.25) is 0 Å². The molecule has 1 N–H and O–H groups in total. The van der Waals surface area contributed by atoms with Crippen LogP contribution in [-0.2, 0) is 19.6 Å². The van der Waals surface area contributed by atoms with Gasteiger partial charge in [0.15, 0.2) is 0 Å². The maximum absolute atomic E-state index is 12.8. The van der Waals surface area contributed by atoms with Crippen molar-refractivity contribution in [2.45, 2.75) is 26.7 Å². The number of carbonyl (C=O) groups is 2. The average molecular weight is 500 g/mol. The molecule has 1 aromatic carbocycles. The first-order chi connectivity index (χ1) is 16.7. The molecule has 9 nitrogen and oxygen atoms in total. The normalized spacial score (nSPS) is 19.3. The molecular formula is C25H33N5O4S. The molecule has 2 amide bonds. The molecule has 2 aromatic rings. The van der Waals surface area contributed by atoms with Crippen LogP contribution in [0.1, 0.15) is 24.0 Å². The maximum Gasteiger partial charge on any atom is 0.227 e. The number of nitrogens with one attached hydrogen (secondary N) is 1. The van der Waals surface area contributed by atoms with Crippen molar-refractivity contribution in [1.29, 1.82) is 0 Å². The summed E-state index contributed by atoms with van der Waals surface area (Å²) < 4.78 is 27.0. The van der Waals surface area contributed by atoms with Crippen molar-refractivity contribution >= 4 is 33.3 Å². The van der Waals surface area contributed by atoms with Crippen molar-refractivity contribution in [3.05, 3.63) is 53.7 Å². The van der Waals surface area contributed by atoms with Gasteiger partial charge < -0.3 is 15.1 Å². The quantitative estimate of drug-likeness (QED) is 0.555. The van der Waals surface area contributed by atoms with Gasteiger partial charge >= 0.3 is 0 Å². The second kappa shape index (κ2) is 10.7. The second-order valence-electron chi connectivity index (χ2n) is 9.21. The van der Waals surface area contributed by atoms with Gasteiger partial charge in [-0.15, -0.1) is 0 Å². The molecule has 2 saturated heterocycles. The smallest absolute Gasteiger partial charge is 0.227 e. The van der Waals surface area contributed by atoms with E-state index in [9.17, 15) is 18.0 Å². The van der Waals surface area contributed by atoms with Gasteiger partial charge in [0, 0.05) is 57.6 Å². The van der Waals surface area contributed by atoms with Crippen molar-refractivity contribution < 1.29 is 18.0 Å². The lowest BCUT2D eigenvalue weighted by Crippen LogP contribution is -2.49. The fraction of sp³-hybridized carbons (Fsp3) is 0.480. The third-order valence-electron chi connectivity index (χ3n) is 6.78. The van der Waals surface area contributed by atoms with E-state index in [1.807, 2.05) is 50.2 Å². The molecule has 2 aliphatic rings. The predicted molar refractivity (Wildman–Crippen MR) is 136 cm³/mol. The summed E-state index contributed by atoms with van der Waals surface area (Å²) in [5.74, 6) is 0.135. The van der Waals surface area contributed by atoms with Crippen molar-refractivity contribution in [3.63, 3.8) is 0 Å². The number of anilines is 2. The highest BCUT2D eigenvalue weighted by Gasteiger charge is 2.35. The number of pyridine rings is 1. The zero-order chi connectivity index (χ0) is 25.0. The van der Waals surface area contributed by atoms with Gasteiger partial charge in [-0.2, -0.15) is 4.31 Å². The molecule has 0 spiro atoms. The topological polar surface area (TPSA) is 103 Å². The molecule has 188 valence electrons. The van der Waals surface area contributed by atoms with Crippen LogP contribution in [0.4, 0.5) is 11.5 Å². The maximum atomic E-state index is 12.8. The van der Waals surface area contributed by atoms with Crippen LogP contribution < -0.4 is 15.1 Å². The van der Waals surface area contributed by atoms with Crippen molar-refractivity contribution in [3.8, 4) is 0 Å². The Bertz CT molecular complexity index is 1160. The van der Waals surface area contributed by atoms with E-state index >= 15 is 0 Å². The molecule has 0 bridgehead atoms. The first kappa shape index (κ1) is 25.1. The van der Waals surface area contributed by atoms with Gasteiger partial charge in [-0.1, -0.05) is 12.1 Å². The van der Waals surface area contributed by atoms with E-state index < -0.39 is 15.9 Å². The van der Waals surface area contributed by atoms with Gasteiger partial charge in [0.25, 0.3) is 0 Å². The lowest BCUT2D eigenvalue weighted by molar-refractivity contribution is -0.126. The number of benzene rings is 1. The number of nitrogens with zero attached hydrogens (tertiary/aromatic N) is 4. The highest BCUT2D eigenvalue weighted by molar-refractivity contribution is 7.89. The Morgan fingerprint density at radius 2 is 1.86 bits per heavy atom. The van der Waals surface area contributed by atoms with Gasteiger partial charge in [-0.05, 0) is 55.7 Å². The van der Waals surface area contributed by atoms with Crippen LogP contribution in [0.3, 0.4) is 0 Å². The number of aromatic nitrogens is 1. The zero-order valence-corrected chi connectivity index (χ0v) is 21.1. The van der Waals surface area contributed by atoms with E-state index in [-0.39, 0.29) is 30.5 Å². The average Bonchev–Trinajstić information content (AvgIpc) is 3.26. The first-order valence-corrected chi connectivity index (χ1v) is 13.6. The van der Waals surface area contributed by atoms with Crippen molar-refractivity contribution in [2.75, 3.05) is 54.8 Å². The van der Waals surface area contributed by atoms with Gasteiger partial charge in [-0.3, -0.25) is 9.59 Å². The number of carbonyl (C=O) groups excluding carboxylic acids is 2. The Balaban J connectivity index is 1.20. The molecule has 1 atom stereocenters. The summed E-state index contributed by atoms with van der Waals surface area (Å²) in [5.41, 5.74) is 3.06. The predicted octanol–water partition coefficient (Wildman–Crippen LogP) is 1.71. The summed E-state index contributed by atoms with van der Waals surface area (Å²) in [6.07, 6.45) is 2.23. The van der Waals surface area contributed by atoms with Crippen LogP contribution in [0, 0.1) is 19.8 Å². The van der Waals surface area contributed by atoms with E-state index in [1.54, 1.807) is 11.1 Å². The van der Waals surface area contributed by atoms with E-state index in [2.05, 4.69) is 15.2 Å². The van der Waals surface area contributed by atoms with Crippen LogP contribution >= 0.6 is 0 Å². The number of amides is 2.